The first-order valence-corrected chi connectivity index (χ1v) is 14.9. The van der Waals surface area contributed by atoms with Crippen molar-refractivity contribution in [2.24, 2.45) is 0 Å². The first-order chi connectivity index (χ1) is 23.4. The van der Waals surface area contributed by atoms with Crippen LogP contribution >= 0.6 is 0 Å². The fraction of sp³-hybridized carbons (Fsp3) is 0.135. The van der Waals surface area contributed by atoms with Crippen LogP contribution in [0.25, 0.3) is 49.7 Å². The van der Waals surface area contributed by atoms with Gasteiger partial charge in [-0.15, -0.1) is 0 Å². The van der Waals surface area contributed by atoms with Crippen LogP contribution in [0.5, 0.6) is 0 Å². The lowest BCUT2D eigenvalue weighted by Crippen LogP contribution is -2.24. The lowest BCUT2D eigenvalue weighted by atomic mass is 9.94. The second-order valence-corrected chi connectivity index (χ2v) is 12.0. The topological polar surface area (TPSA) is 42.3 Å². The van der Waals surface area contributed by atoms with Crippen molar-refractivity contribution < 1.29 is 49.1 Å². The minimum atomic E-state index is -5.14. The van der Waals surface area contributed by atoms with E-state index in [1.165, 1.54) is 44.3 Å². The largest absolute Gasteiger partial charge is 0.417 e. The molecular formula is C37H21F9N2O2. The number of carbonyl (C=O) groups is 2. The summed E-state index contributed by atoms with van der Waals surface area (Å²) in [6, 6.07) is 18.4. The average molecular weight is 697 g/mol. The van der Waals surface area contributed by atoms with Crippen LogP contribution in [0.3, 0.4) is 0 Å². The van der Waals surface area contributed by atoms with Crippen molar-refractivity contribution in [2.45, 2.75) is 25.5 Å². The normalized spacial score (nSPS) is 13.9. The smallest absolute Gasteiger partial charge is 0.308 e. The summed E-state index contributed by atoms with van der Waals surface area (Å²) in [6.07, 6.45) is -14.7. The number of imide groups is 1. The molecule has 5 aromatic carbocycles. The lowest BCUT2D eigenvalue weighted by molar-refractivity contribution is -0.143. The van der Waals surface area contributed by atoms with E-state index in [1.807, 2.05) is 0 Å². The molecule has 7 rings (SSSR count). The zero-order valence-electron chi connectivity index (χ0n) is 25.8. The number of carbonyl (C=O) groups excluding carboxylic acids is 2. The second-order valence-electron chi connectivity index (χ2n) is 12.0. The van der Waals surface area contributed by atoms with E-state index in [0.717, 1.165) is 23.1 Å². The highest BCUT2D eigenvalue weighted by Crippen LogP contribution is 2.44. The molecule has 50 heavy (non-hydrogen) atoms. The number of rotatable bonds is 3. The molecule has 0 spiro atoms. The Labute approximate surface area is 277 Å². The average Bonchev–Trinajstić information content (AvgIpc) is 3.49. The van der Waals surface area contributed by atoms with Crippen LogP contribution in [0.15, 0.2) is 91.0 Å². The first-order valence-electron chi connectivity index (χ1n) is 14.9. The molecule has 1 aliphatic heterocycles. The zero-order valence-corrected chi connectivity index (χ0v) is 25.8. The lowest BCUT2D eigenvalue weighted by Gasteiger charge is -2.16. The maximum atomic E-state index is 14.2. The van der Waals surface area contributed by atoms with E-state index in [9.17, 15) is 49.1 Å². The summed E-state index contributed by atoms with van der Waals surface area (Å²) in [6.45, 7) is 1.51. The third kappa shape index (κ3) is 5.19. The van der Waals surface area contributed by atoms with Gasteiger partial charge in [-0.3, -0.25) is 14.5 Å². The van der Waals surface area contributed by atoms with Crippen LogP contribution in [0, 0.1) is 6.92 Å². The van der Waals surface area contributed by atoms with Gasteiger partial charge in [0.15, 0.2) is 0 Å². The number of aromatic nitrogens is 1. The Morgan fingerprint density at radius 3 is 1.62 bits per heavy atom. The van der Waals surface area contributed by atoms with E-state index in [4.69, 9.17) is 0 Å². The molecule has 4 nitrogen and oxygen atoms in total. The van der Waals surface area contributed by atoms with E-state index >= 15 is 0 Å². The highest BCUT2D eigenvalue weighted by molar-refractivity contribution is 6.23. The molecule has 0 aliphatic carbocycles. The Balaban J connectivity index is 1.52. The SMILES string of the molecule is Cc1cc(C(F)(F)F)ccc1-c1ccc2c(c1)c1cc(-c3ccc(C(F)(F)F)cc3C(F)(F)F)ccc1n2-c1cccc2c1C(=O)N(C)C2=O. The van der Waals surface area contributed by atoms with Crippen molar-refractivity contribution in [2.75, 3.05) is 7.05 Å². The maximum absolute atomic E-state index is 14.2. The van der Waals surface area contributed by atoms with E-state index in [1.54, 1.807) is 34.9 Å². The Bertz CT molecular complexity index is 2420. The zero-order chi connectivity index (χ0) is 36.1. The summed E-state index contributed by atoms with van der Waals surface area (Å²) in [5.41, 5.74) is -1.81. The van der Waals surface area contributed by atoms with Crippen molar-refractivity contribution >= 4 is 33.6 Å². The number of halogens is 9. The number of hydrogen-bond donors (Lipinski definition) is 0. The molecule has 0 atom stereocenters. The van der Waals surface area contributed by atoms with Gasteiger partial charge in [-0.25, -0.2) is 0 Å². The Morgan fingerprint density at radius 2 is 1.08 bits per heavy atom. The van der Waals surface area contributed by atoms with Crippen molar-refractivity contribution in [3.05, 3.63) is 124 Å². The predicted molar refractivity (Wildman–Crippen MR) is 168 cm³/mol. The number of nitrogens with zero attached hydrogens (tertiary/aromatic N) is 2. The molecule has 2 heterocycles. The number of aryl methyl sites for hydroxylation is 1. The van der Waals surface area contributed by atoms with Gasteiger partial charge in [0.25, 0.3) is 11.8 Å². The van der Waals surface area contributed by atoms with E-state index in [2.05, 4.69) is 0 Å². The number of fused-ring (bicyclic) bond motifs is 4. The number of benzene rings is 5. The van der Waals surface area contributed by atoms with E-state index in [0.29, 0.717) is 50.2 Å². The minimum Gasteiger partial charge on any atom is -0.308 e. The van der Waals surface area contributed by atoms with Gasteiger partial charge in [0.05, 0.1) is 44.5 Å². The summed E-state index contributed by atoms with van der Waals surface area (Å²) in [7, 11) is 1.33. The van der Waals surface area contributed by atoms with Gasteiger partial charge < -0.3 is 4.57 Å². The van der Waals surface area contributed by atoms with Gasteiger partial charge in [0.1, 0.15) is 0 Å². The third-order valence-electron chi connectivity index (χ3n) is 8.93. The fourth-order valence-corrected chi connectivity index (χ4v) is 6.56. The Hall–Kier alpha value is -5.59. The molecule has 1 aliphatic rings. The van der Waals surface area contributed by atoms with Crippen LogP contribution in [0.4, 0.5) is 39.5 Å². The summed E-state index contributed by atoms with van der Waals surface area (Å²) in [5.74, 6) is -1.11. The monoisotopic (exact) mass is 696 g/mol. The molecule has 6 aromatic rings. The maximum Gasteiger partial charge on any atom is 0.417 e. The molecular weight excluding hydrogens is 675 g/mol. The van der Waals surface area contributed by atoms with Crippen LogP contribution in [0.1, 0.15) is 43.0 Å². The standard InChI is InChI=1S/C37H21F9N2O2/c1-18-14-21(35(38,39)40)8-10-23(18)19-6-12-29-26(15-19)27-16-20(24-11-9-22(36(41,42)43)17-28(24)37(44,45)46)7-13-30(27)48(29)31-5-3-4-25-32(31)34(50)47(2)33(25)49/h3-17H,1-2H3. The van der Waals surface area contributed by atoms with Crippen molar-refractivity contribution in [3.8, 4) is 27.9 Å². The van der Waals surface area contributed by atoms with Gasteiger partial charge in [0, 0.05) is 17.8 Å². The highest BCUT2D eigenvalue weighted by atomic mass is 19.4. The molecule has 2 amide bonds. The van der Waals surface area contributed by atoms with Crippen LogP contribution in [0.2, 0.25) is 0 Å². The molecule has 1 aromatic heterocycles. The first kappa shape index (κ1) is 32.9. The molecule has 0 fully saturated rings. The third-order valence-corrected chi connectivity index (χ3v) is 8.93. The number of alkyl halides is 9. The molecule has 0 saturated heterocycles. The molecule has 13 heteroatoms. The van der Waals surface area contributed by atoms with Gasteiger partial charge in [0.2, 0.25) is 0 Å². The van der Waals surface area contributed by atoms with Crippen LogP contribution in [-0.2, 0) is 18.5 Å². The van der Waals surface area contributed by atoms with E-state index < -0.39 is 52.6 Å². The molecule has 0 N–H and O–H groups in total. The second kappa shape index (κ2) is 11.0. The summed E-state index contributed by atoms with van der Waals surface area (Å²) >= 11 is 0. The van der Waals surface area contributed by atoms with Crippen LogP contribution < -0.4 is 0 Å². The van der Waals surface area contributed by atoms with Crippen molar-refractivity contribution in [1.82, 2.24) is 9.47 Å². The molecule has 0 radical (unpaired) electrons. The van der Waals surface area contributed by atoms with Gasteiger partial charge in [-0.1, -0.05) is 30.3 Å². The number of hydrogen-bond acceptors (Lipinski definition) is 2. The fourth-order valence-electron chi connectivity index (χ4n) is 6.56. The summed E-state index contributed by atoms with van der Waals surface area (Å²) in [4.78, 5) is 27.1. The van der Waals surface area contributed by atoms with Gasteiger partial charge in [-0.2, -0.15) is 39.5 Å². The predicted octanol–water partition coefficient (Wildman–Crippen LogP) is 10.7. The highest BCUT2D eigenvalue weighted by Gasteiger charge is 2.39. The summed E-state index contributed by atoms with van der Waals surface area (Å²) in [5, 5.41) is 0.751. The Kier molecular flexibility index (Phi) is 7.22. The molecule has 0 unspecified atom stereocenters. The molecule has 254 valence electrons. The molecule has 0 saturated carbocycles. The van der Waals surface area contributed by atoms with Crippen molar-refractivity contribution in [3.63, 3.8) is 0 Å². The quantitative estimate of drug-likeness (QED) is 0.137. The molecule has 0 bridgehead atoms. The van der Waals surface area contributed by atoms with Crippen molar-refractivity contribution in [1.29, 1.82) is 0 Å². The van der Waals surface area contributed by atoms with Gasteiger partial charge in [-0.05, 0) is 95.4 Å². The minimum absolute atomic E-state index is 0.0562. The van der Waals surface area contributed by atoms with Gasteiger partial charge >= 0.3 is 18.5 Å². The number of amides is 2. The Morgan fingerprint density at radius 1 is 0.540 bits per heavy atom. The van der Waals surface area contributed by atoms with E-state index in [-0.39, 0.29) is 22.8 Å². The van der Waals surface area contributed by atoms with Crippen LogP contribution in [-0.4, -0.2) is 28.3 Å². The summed E-state index contributed by atoms with van der Waals surface area (Å²) < 4.78 is 125.